The lowest BCUT2D eigenvalue weighted by Gasteiger charge is -2.46. The zero-order valence-electron chi connectivity index (χ0n) is 33.4. The van der Waals surface area contributed by atoms with Gasteiger partial charge in [0.15, 0.2) is 0 Å². The summed E-state index contributed by atoms with van der Waals surface area (Å²) in [6.07, 6.45) is 2.97. The summed E-state index contributed by atoms with van der Waals surface area (Å²) >= 11 is 0. The fourth-order valence-corrected chi connectivity index (χ4v) is 7.14. The van der Waals surface area contributed by atoms with Gasteiger partial charge < -0.3 is 28.7 Å². The Bertz CT molecular complexity index is 1440. The van der Waals surface area contributed by atoms with Gasteiger partial charge in [0.2, 0.25) is 11.8 Å². The Morgan fingerprint density at radius 2 is 0.839 bits per heavy atom. The monoisotopic (exact) mass is 824 g/mol. The Labute approximate surface area is 342 Å². The summed E-state index contributed by atoms with van der Waals surface area (Å²) < 4.78 is 19.6. The van der Waals surface area contributed by atoms with E-state index in [1.807, 2.05) is 60.7 Å². The highest BCUT2D eigenvalue weighted by molar-refractivity contribution is 6.03. The maximum absolute atomic E-state index is 12.8. The molecule has 2 aromatic rings. The van der Waals surface area contributed by atoms with E-state index in [0.29, 0.717) is 102 Å². The summed E-state index contributed by atoms with van der Waals surface area (Å²) in [4.78, 5) is 81.5. The number of methoxy groups -OCH3 is 4. The van der Waals surface area contributed by atoms with Crippen LogP contribution < -0.4 is 9.80 Å². The fourth-order valence-electron chi connectivity index (χ4n) is 7.14. The molecule has 2 fully saturated rings. The first-order chi connectivity index (χ1) is 26.0. The average molecular weight is 826 g/mol. The summed E-state index contributed by atoms with van der Waals surface area (Å²) in [6, 6.07) is 18.5. The lowest BCUT2D eigenvalue weighted by molar-refractivity contribution is -0.151. The Morgan fingerprint density at radius 1 is 0.536 bits per heavy atom. The van der Waals surface area contributed by atoms with Crippen LogP contribution in [0.3, 0.4) is 0 Å². The van der Waals surface area contributed by atoms with Crippen molar-refractivity contribution in [2.75, 3.05) is 77.5 Å². The second kappa shape index (κ2) is 24.4. The summed E-state index contributed by atoms with van der Waals surface area (Å²) in [7, 11) is 5.45. The molecular formula is C40H58Cl2N4O10. The minimum absolute atomic E-state index is 0. The molecule has 0 aromatic heterocycles. The Morgan fingerprint density at radius 3 is 1.09 bits per heavy atom. The number of piperidine rings is 2. The number of rotatable bonds is 14. The van der Waals surface area contributed by atoms with Crippen molar-refractivity contribution in [1.29, 1.82) is 0 Å². The molecule has 312 valence electrons. The minimum atomic E-state index is -1.04. The van der Waals surface area contributed by atoms with Gasteiger partial charge in [-0.15, -0.1) is 24.8 Å². The molecule has 0 N–H and O–H groups in total. The number of hydrogen-bond acceptors (Lipinski definition) is 12. The number of amides is 2. The van der Waals surface area contributed by atoms with E-state index in [9.17, 15) is 28.8 Å². The predicted octanol–water partition coefficient (Wildman–Crippen LogP) is 4.84. The molecule has 0 bridgehead atoms. The Hall–Kier alpha value is -4.24. The molecule has 56 heavy (non-hydrogen) atoms. The maximum atomic E-state index is 12.8. The van der Waals surface area contributed by atoms with Crippen LogP contribution in [0.1, 0.15) is 65.2 Å². The molecule has 0 saturated carbocycles. The number of para-hydroxylation sites is 2. The van der Waals surface area contributed by atoms with Crippen LogP contribution in [0.15, 0.2) is 60.7 Å². The van der Waals surface area contributed by atoms with Gasteiger partial charge in [-0.2, -0.15) is 0 Å². The van der Waals surface area contributed by atoms with Crippen molar-refractivity contribution in [2.24, 2.45) is 0 Å². The van der Waals surface area contributed by atoms with Crippen molar-refractivity contribution in [1.82, 2.24) is 9.80 Å². The van der Waals surface area contributed by atoms with Gasteiger partial charge in [-0.25, -0.2) is 9.59 Å². The van der Waals surface area contributed by atoms with Gasteiger partial charge in [0, 0.05) is 63.5 Å². The van der Waals surface area contributed by atoms with E-state index in [0.717, 1.165) is 0 Å². The van der Waals surface area contributed by atoms with Gasteiger partial charge in [0.1, 0.15) is 11.1 Å². The highest BCUT2D eigenvalue weighted by atomic mass is 35.5. The molecule has 16 heteroatoms. The lowest BCUT2D eigenvalue weighted by atomic mass is 9.84. The van der Waals surface area contributed by atoms with Crippen molar-refractivity contribution in [3.05, 3.63) is 60.7 Å². The quantitative estimate of drug-likeness (QED) is 0.189. The van der Waals surface area contributed by atoms with Crippen LogP contribution in [0.2, 0.25) is 0 Å². The number of benzene rings is 2. The number of esters is 4. The summed E-state index contributed by atoms with van der Waals surface area (Å²) in [5.41, 5.74) is -0.689. The molecule has 0 radical (unpaired) electrons. The van der Waals surface area contributed by atoms with E-state index in [2.05, 4.69) is 19.3 Å². The van der Waals surface area contributed by atoms with Gasteiger partial charge in [0.25, 0.3) is 0 Å². The van der Waals surface area contributed by atoms with Gasteiger partial charge in [-0.3, -0.25) is 29.0 Å². The molecule has 14 nitrogen and oxygen atoms in total. The summed E-state index contributed by atoms with van der Waals surface area (Å²) in [5, 5.41) is 0. The number of halogens is 2. The zero-order valence-corrected chi connectivity index (χ0v) is 35.0. The van der Waals surface area contributed by atoms with Gasteiger partial charge in [-0.05, 0) is 49.9 Å². The number of hydrogen-bond donors (Lipinski definition) is 0. The van der Waals surface area contributed by atoms with E-state index in [4.69, 9.17) is 9.47 Å². The van der Waals surface area contributed by atoms with E-state index in [1.54, 1.807) is 23.6 Å². The zero-order chi connectivity index (χ0) is 39.7. The minimum Gasteiger partial charge on any atom is -0.469 e. The lowest BCUT2D eigenvalue weighted by Crippen LogP contribution is -2.62. The molecule has 2 saturated heterocycles. The third-order valence-corrected chi connectivity index (χ3v) is 10.2. The average Bonchev–Trinajstić information content (AvgIpc) is 3.22. The van der Waals surface area contributed by atoms with Crippen molar-refractivity contribution in [3.63, 3.8) is 0 Å². The molecule has 2 aliphatic heterocycles. The molecule has 4 rings (SSSR count). The second-order valence-electron chi connectivity index (χ2n) is 13.2. The highest BCUT2D eigenvalue weighted by Gasteiger charge is 2.51. The smallest absolute Gasteiger partial charge is 0.332 e. The summed E-state index contributed by atoms with van der Waals surface area (Å²) in [5.74, 6) is -1.55. The van der Waals surface area contributed by atoms with Crippen LogP contribution in [0, 0.1) is 0 Å². The van der Waals surface area contributed by atoms with Crippen molar-refractivity contribution >= 4 is 71.9 Å². The Kier molecular flexibility index (Phi) is 21.7. The fraction of sp³-hybridized carbons (Fsp3) is 0.550. The topological polar surface area (TPSA) is 152 Å². The van der Waals surface area contributed by atoms with E-state index in [1.165, 1.54) is 28.4 Å². The van der Waals surface area contributed by atoms with Crippen LogP contribution in [0.4, 0.5) is 11.4 Å². The molecule has 0 spiro atoms. The molecule has 2 heterocycles. The van der Waals surface area contributed by atoms with Crippen LogP contribution >= 0.6 is 24.8 Å². The Balaban J connectivity index is 0.000000541. The van der Waals surface area contributed by atoms with Gasteiger partial charge >= 0.3 is 23.9 Å². The largest absolute Gasteiger partial charge is 0.469 e. The molecule has 2 amide bonds. The molecule has 2 aliphatic rings. The molecule has 0 aliphatic carbocycles. The highest BCUT2D eigenvalue weighted by Crippen LogP contribution is 2.37. The standard InChI is InChI=1S/2C20H28N2O5.2ClH/c2*1-4-17(23)22(16-8-6-5-7-9-16)20(19(25)27-3)11-14-21(15-12-20)13-10-18(24)26-2;;/h2*5-9H,4,10-15H2,1-3H3;2*1H. The number of nitrogens with zero attached hydrogens (tertiary/aromatic N) is 4. The number of carbonyl (C=O) groups is 6. The van der Waals surface area contributed by atoms with Crippen molar-refractivity contribution in [3.8, 4) is 0 Å². The van der Waals surface area contributed by atoms with E-state index >= 15 is 0 Å². The maximum Gasteiger partial charge on any atom is 0.332 e. The van der Waals surface area contributed by atoms with Gasteiger partial charge in [-0.1, -0.05) is 50.2 Å². The molecular weight excluding hydrogens is 767 g/mol. The van der Waals surface area contributed by atoms with Crippen LogP contribution in [-0.4, -0.2) is 124 Å². The SMILES string of the molecule is CCC(=O)N(c1ccccc1)C1(C(=O)OC)CCN(CCC(=O)OC)CC1.CCC(=O)N(c1ccccc1)C1(C(=O)OC)CCN(CCC(=O)OC)CC1.Cl.Cl. The van der Waals surface area contributed by atoms with Crippen LogP contribution in [-0.2, 0) is 47.7 Å². The van der Waals surface area contributed by atoms with Crippen LogP contribution in [0.25, 0.3) is 0 Å². The first kappa shape index (κ1) is 49.8. The van der Waals surface area contributed by atoms with Gasteiger partial charge in [0.05, 0.1) is 41.3 Å². The number of ether oxygens (including phenoxy) is 4. The summed E-state index contributed by atoms with van der Waals surface area (Å²) in [6.45, 7) is 7.06. The molecule has 0 atom stereocenters. The number of carbonyl (C=O) groups excluding carboxylic acids is 6. The number of likely N-dealkylation sites (tertiary alicyclic amines) is 2. The normalized spacial score (nSPS) is 15.8. The molecule has 0 unspecified atom stereocenters. The van der Waals surface area contributed by atoms with Crippen molar-refractivity contribution in [2.45, 2.75) is 76.3 Å². The van der Waals surface area contributed by atoms with Crippen molar-refractivity contribution < 1.29 is 47.7 Å². The van der Waals surface area contributed by atoms with Crippen LogP contribution in [0.5, 0.6) is 0 Å². The first-order valence-corrected chi connectivity index (χ1v) is 18.5. The third-order valence-electron chi connectivity index (χ3n) is 10.2. The second-order valence-corrected chi connectivity index (χ2v) is 13.2. The van der Waals surface area contributed by atoms with E-state index < -0.39 is 23.0 Å². The number of anilines is 2. The third kappa shape index (κ3) is 12.4. The predicted molar refractivity (Wildman–Crippen MR) is 217 cm³/mol. The molecule has 2 aromatic carbocycles. The first-order valence-electron chi connectivity index (χ1n) is 18.5. The van der Waals surface area contributed by atoms with E-state index in [-0.39, 0.29) is 48.6 Å².